The summed E-state index contributed by atoms with van der Waals surface area (Å²) in [5.74, 6) is -0.204. The van der Waals surface area contributed by atoms with Crippen molar-refractivity contribution >= 4 is 17.3 Å². The lowest BCUT2D eigenvalue weighted by Crippen LogP contribution is -1.99. The molecule has 0 saturated heterocycles. The molecule has 0 aromatic heterocycles. The number of nitrogens with one attached hydrogen (secondary N) is 1. The Kier molecular flexibility index (Phi) is 3.49. The Morgan fingerprint density at radius 2 is 1.82 bits per heavy atom. The van der Waals surface area contributed by atoms with Crippen LogP contribution in [-0.4, -0.2) is 5.11 Å². The summed E-state index contributed by atoms with van der Waals surface area (Å²) in [6, 6.07) is 11.4. The van der Waals surface area contributed by atoms with Crippen molar-refractivity contribution in [2.75, 3.05) is 5.32 Å². The number of hydrogen-bond acceptors (Lipinski definition) is 2. The highest BCUT2D eigenvalue weighted by Crippen LogP contribution is 2.18. The normalized spacial score (nSPS) is 10.2. The van der Waals surface area contributed by atoms with E-state index in [1.807, 2.05) is 0 Å². The van der Waals surface area contributed by atoms with Crippen LogP contribution in [0.25, 0.3) is 0 Å². The van der Waals surface area contributed by atoms with Gasteiger partial charge in [-0.25, -0.2) is 4.39 Å². The van der Waals surface area contributed by atoms with Crippen molar-refractivity contribution < 1.29 is 9.50 Å². The molecule has 88 valence electrons. The fourth-order valence-electron chi connectivity index (χ4n) is 1.43. The highest BCUT2D eigenvalue weighted by molar-refractivity contribution is 6.30. The number of rotatable bonds is 3. The number of aromatic hydroxyl groups is 1. The average molecular weight is 252 g/mol. The van der Waals surface area contributed by atoms with Crippen LogP contribution in [-0.2, 0) is 6.54 Å². The Bertz CT molecular complexity index is 513. The quantitative estimate of drug-likeness (QED) is 0.814. The van der Waals surface area contributed by atoms with E-state index < -0.39 is 5.82 Å². The minimum absolute atomic E-state index is 0.124. The van der Waals surface area contributed by atoms with Gasteiger partial charge in [0, 0.05) is 12.2 Å². The van der Waals surface area contributed by atoms with E-state index in [2.05, 4.69) is 5.32 Å². The molecule has 0 aliphatic heterocycles. The predicted molar refractivity (Wildman–Crippen MR) is 66.8 cm³/mol. The highest BCUT2D eigenvalue weighted by Gasteiger charge is 2.01. The molecule has 0 atom stereocenters. The van der Waals surface area contributed by atoms with E-state index in [1.165, 1.54) is 12.1 Å². The minimum atomic E-state index is -0.420. The van der Waals surface area contributed by atoms with Gasteiger partial charge in [-0.1, -0.05) is 17.7 Å². The van der Waals surface area contributed by atoms with Crippen molar-refractivity contribution in [3.05, 3.63) is 58.9 Å². The molecule has 0 heterocycles. The first-order valence-electron chi connectivity index (χ1n) is 5.12. The second-order valence-electron chi connectivity index (χ2n) is 3.65. The smallest absolute Gasteiger partial charge is 0.142 e. The molecule has 0 saturated carbocycles. The summed E-state index contributed by atoms with van der Waals surface area (Å²) in [5.41, 5.74) is 1.66. The second-order valence-corrected chi connectivity index (χ2v) is 4.06. The fourth-order valence-corrected chi connectivity index (χ4v) is 1.55. The van der Waals surface area contributed by atoms with Crippen LogP contribution in [0.15, 0.2) is 42.5 Å². The number of benzene rings is 2. The molecular formula is C13H11ClFNO. The Hall–Kier alpha value is -1.74. The topological polar surface area (TPSA) is 32.3 Å². The van der Waals surface area contributed by atoms with Gasteiger partial charge in [0.2, 0.25) is 0 Å². The summed E-state index contributed by atoms with van der Waals surface area (Å²) in [7, 11) is 0. The number of phenolic OH excluding ortho intramolecular Hbond substituents is 1. The molecule has 0 spiro atoms. The van der Waals surface area contributed by atoms with Gasteiger partial charge >= 0.3 is 0 Å². The minimum Gasteiger partial charge on any atom is -0.508 e. The molecule has 2 nitrogen and oxygen atoms in total. The van der Waals surface area contributed by atoms with Crippen molar-refractivity contribution in [2.45, 2.75) is 6.54 Å². The highest BCUT2D eigenvalue weighted by atomic mass is 35.5. The molecule has 2 rings (SSSR count). The molecule has 0 amide bonds. The first-order valence-corrected chi connectivity index (χ1v) is 5.50. The van der Waals surface area contributed by atoms with Crippen LogP contribution in [0.5, 0.6) is 5.75 Å². The number of hydrogen-bond donors (Lipinski definition) is 2. The zero-order valence-electron chi connectivity index (χ0n) is 8.95. The van der Waals surface area contributed by atoms with Gasteiger partial charge in [-0.15, -0.1) is 0 Å². The predicted octanol–water partition coefficient (Wildman–Crippen LogP) is 3.80. The summed E-state index contributed by atoms with van der Waals surface area (Å²) in [6.07, 6.45) is 0. The first kappa shape index (κ1) is 11.7. The number of phenols is 1. The van der Waals surface area contributed by atoms with E-state index in [-0.39, 0.29) is 10.8 Å². The number of halogens is 2. The molecular weight excluding hydrogens is 241 g/mol. The van der Waals surface area contributed by atoms with Crippen LogP contribution < -0.4 is 5.32 Å². The van der Waals surface area contributed by atoms with E-state index in [9.17, 15) is 4.39 Å². The third-order valence-electron chi connectivity index (χ3n) is 2.35. The summed E-state index contributed by atoms with van der Waals surface area (Å²) < 4.78 is 13.2. The molecule has 4 heteroatoms. The lowest BCUT2D eigenvalue weighted by molar-refractivity contribution is 0.475. The summed E-state index contributed by atoms with van der Waals surface area (Å²) >= 11 is 5.59. The Balaban J connectivity index is 2.02. The van der Waals surface area contributed by atoms with Crippen molar-refractivity contribution in [3.63, 3.8) is 0 Å². The van der Waals surface area contributed by atoms with E-state index in [1.54, 1.807) is 30.3 Å². The third kappa shape index (κ3) is 3.11. The Morgan fingerprint density at radius 3 is 2.47 bits per heavy atom. The van der Waals surface area contributed by atoms with Crippen LogP contribution in [0.3, 0.4) is 0 Å². The van der Waals surface area contributed by atoms with Gasteiger partial charge in [0.25, 0.3) is 0 Å². The van der Waals surface area contributed by atoms with Crippen LogP contribution in [0, 0.1) is 5.82 Å². The van der Waals surface area contributed by atoms with Crippen LogP contribution >= 0.6 is 11.6 Å². The van der Waals surface area contributed by atoms with Gasteiger partial charge < -0.3 is 10.4 Å². The molecule has 17 heavy (non-hydrogen) atoms. The molecule has 0 radical (unpaired) electrons. The summed E-state index contributed by atoms with van der Waals surface area (Å²) in [4.78, 5) is 0. The first-order chi connectivity index (χ1) is 8.15. The molecule has 0 aliphatic carbocycles. The van der Waals surface area contributed by atoms with Crippen LogP contribution in [0.1, 0.15) is 5.56 Å². The Labute approximate surface area is 104 Å². The van der Waals surface area contributed by atoms with Gasteiger partial charge in [0.1, 0.15) is 11.6 Å². The maximum absolute atomic E-state index is 13.2. The van der Waals surface area contributed by atoms with Crippen molar-refractivity contribution in [1.29, 1.82) is 0 Å². The van der Waals surface area contributed by atoms with Gasteiger partial charge in [-0.05, 0) is 42.0 Å². The fraction of sp³-hybridized carbons (Fsp3) is 0.0769. The molecule has 0 unspecified atom stereocenters. The lowest BCUT2D eigenvalue weighted by atomic mass is 10.2. The molecule has 0 bridgehead atoms. The lowest BCUT2D eigenvalue weighted by Gasteiger charge is -2.07. The van der Waals surface area contributed by atoms with E-state index >= 15 is 0 Å². The summed E-state index contributed by atoms with van der Waals surface area (Å²) in [6.45, 7) is 0.499. The monoisotopic (exact) mass is 251 g/mol. The van der Waals surface area contributed by atoms with Crippen molar-refractivity contribution in [2.24, 2.45) is 0 Å². The van der Waals surface area contributed by atoms with Gasteiger partial charge in [-0.2, -0.15) is 0 Å². The van der Waals surface area contributed by atoms with E-state index in [4.69, 9.17) is 16.7 Å². The SMILES string of the molecule is Oc1ccc(NCc2ccc(Cl)c(F)c2)cc1. The van der Waals surface area contributed by atoms with Gasteiger partial charge in [0.15, 0.2) is 0 Å². The van der Waals surface area contributed by atoms with Crippen LogP contribution in [0.4, 0.5) is 10.1 Å². The zero-order chi connectivity index (χ0) is 12.3. The maximum Gasteiger partial charge on any atom is 0.142 e. The van der Waals surface area contributed by atoms with Gasteiger partial charge in [0.05, 0.1) is 5.02 Å². The largest absolute Gasteiger partial charge is 0.508 e. The standard InChI is InChI=1S/C13H11ClFNO/c14-12-6-1-9(7-13(12)15)8-16-10-2-4-11(17)5-3-10/h1-7,16-17H,8H2. The van der Waals surface area contributed by atoms with E-state index in [0.29, 0.717) is 6.54 Å². The second kappa shape index (κ2) is 5.06. The average Bonchev–Trinajstić information content (AvgIpc) is 2.33. The molecule has 0 fully saturated rings. The van der Waals surface area contributed by atoms with Crippen molar-refractivity contribution in [1.82, 2.24) is 0 Å². The molecule has 2 aromatic carbocycles. The molecule has 0 aliphatic rings. The van der Waals surface area contributed by atoms with Crippen LogP contribution in [0.2, 0.25) is 5.02 Å². The Morgan fingerprint density at radius 1 is 1.12 bits per heavy atom. The zero-order valence-corrected chi connectivity index (χ0v) is 9.71. The van der Waals surface area contributed by atoms with E-state index in [0.717, 1.165) is 11.3 Å². The molecule has 2 aromatic rings. The summed E-state index contributed by atoms with van der Waals surface area (Å²) in [5, 5.41) is 12.4. The van der Waals surface area contributed by atoms with Gasteiger partial charge in [-0.3, -0.25) is 0 Å². The molecule has 2 N–H and O–H groups in total. The van der Waals surface area contributed by atoms with Crippen molar-refractivity contribution in [3.8, 4) is 5.75 Å². The maximum atomic E-state index is 13.2. The number of anilines is 1. The third-order valence-corrected chi connectivity index (χ3v) is 2.65.